The summed E-state index contributed by atoms with van der Waals surface area (Å²) in [6, 6.07) is 5.72. The highest BCUT2D eigenvalue weighted by Crippen LogP contribution is 2.21. The van der Waals surface area contributed by atoms with Crippen molar-refractivity contribution >= 4 is 11.8 Å². The van der Waals surface area contributed by atoms with E-state index in [1.165, 1.54) is 10.5 Å². The van der Waals surface area contributed by atoms with Gasteiger partial charge < -0.3 is 5.73 Å². The molecule has 0 saturated carbocycles. The van der Waals surface area contributed by atoms with E-state index in [0.29, 0.717) is 12.8 Å². The number of likely N-dealkylation sites (tertiary alicyclic amines) is 1. The maximum absolute atomic E-state index is 11.5. The number of benzene rings is 1. The topological polar surface area (TPSA) is 63.4 Å². The van der Waals surface area contributed by atoms with E-state index in [-0.39, 0.29) is 24.4 Å². The van der Waals surface area contributed by atoms with Gasteiger partial charge in [-0.2, -0.15) is 0 Å². The summed E-state index contributed by atoms with van der Waals surface area (Å²) in [6.07, 6.45) is 0.636. The molecule has 96 valence electrons. The van der Waals surface area contributed by atoms with Gasteiger partial charge in [-0.1, -0.05) is 23.8 Å². The zero-order valence-corrected chi connectivity index (χ0v) is 10.8. The quantitative estimate of drug-likeness (QED) is 0.821. The van der Waals surface area contributed by atoms with Gasteiger partial charge in [-0.25, -0.2) is 0 Å². The van der Waals surface area contributed by atoms with Gasteiger partial charge in [-0.15, -0.1) is 0 Å². The van der Waals surface area contributed by atoms with E-state index in [2.05, 4.69) is 6.07 Å². The Morgan fingerprint density at radius 2 is 1.83 bits per heavy atom. The average Bonchev–Trinajstić information content (AvgIpc) is 2.60. The molecular weight excluding hydrogens is 228 g/mol. The summed E-state index contributed by atoms with van der Waals surface area (Å²) in [5.74, 6) is -0.222. The second-order valence-corrected chi connectivity index (χ2v) is 4.86. The lowest BCUT2D eigenvalue weighted by molar-refractivity contribution is -0.138. The number of carbonyl (C=O) groups is 2. The van der Waals surface area contributed by atoms with E-state index in [9.17, 15) is 9.59 Å². The first-order chi connectivity index (χ1) is 8.49. The molecule has 1 heterocycles. The molecule has 0 aromatic heterocycles. The summed E-state index contributed by atoms with van der Waals surface area (Å²) in [5, 5.41) is 0. The van der Waals surface area contributed by atoms with Gasteiger partial charge in [-0.3, -0.25) is 14.5 Å². The van der Waals surface area contributed by atoms with Crippen molar-refractivity contribution in [1.29, 1.82) is 0 Å². The van der Waals surface area contributed by atoms with Crippen LogP contribution in [0.15, 0.2) is 18.2 Å². The lowest BCUT2D eigenvalue weighted by Gasteiger charge is -2.21. The lowest BCUT2D eigenvalue weighted by Crippen LogP contribution is -2.36. The molecule has 1 aromatic rings. The van der Waals surface area contributed by atoms with Crippen molar-refractivity contribution in [3.05, 3.63) is 34.9 Å². The highest BCUT2D eigenvalue weighted by molar-refractivity contribution is 6.01. The molecule has 1 fully saturated rings. The number of hydrogen-bond donors (Lipinski definition) is 1. The average molecular weight is 246 g/mol. The number of aryl methyl sites for hydroxylation is 2. The van der Waals surface area contributed by atoms with Crippen LogP contribution in [-0.2, 0) is 9.59 Å². The summed E-state index contributed by atoms with van der Waals surface area (Å²) in [6.45, 7) is 4.30. The maximum atomic E-state index is 11.5. The third-order valence-electron chi connectivity index (χ3n) is 3.36. The van der Waals surface area contributed by atoms with Crippen LogP contribution in [0.4, 0.5) is 0 Å². The highest BCUT2D eigenvalue weighted by Gasteiger charge is 2.30. The molecule has 0 radical (unpaired) electrons. The standard InChI is InChI=1S/C14H18N2O2/c1-9-3-4-11(10(2)7-9)12(15)8-16-13(17)5-6-14(16)18/h3-4,7,12H,5-6,8,15H2,1-2H3. The van der Waals surface area contributed by atoms with Crippen LogP contribution >= 0.6 is 0 Å². The molecule has 1 atom stereocenters. The van der Waals surface area contributed by atoms with E-state index in [0.717, 1.165) is 11.1 Å². The Hall–Kier alpha value is -1.68. The van der Waals surface area contributed by atoms with E-state index in [1.54, 1.807) is 0 Å². The van der Waals surface area contributed by atoms with Gasteiger partial charge in [0.25, 0.3) is 0 Å². The monoisotopic (exact) mass is 246 g/mol. The Balaban J connectivity index is 2.14. The van der Waals surface area contributed by atoms with Gasteiger partial charge in [0, 0.05) is 25.4 Å². The van der Waals surface area contributed by atoms with Gasteiger partial charge in [0.1, 0.15) is 0 Å². The summed E-state index contributed by atoms with van der Waals surface area (Å²) in [5.41, 5.74) is 9.37. The molecular formula is C14H18N2O2. The number of carbonyl (C=O) groups excluding carboxylic acids is 2. The smallest absolute Gasteiger partial charge is 0.229 e. The van der Waals surface area contributed by atoms with Crippen molar-refractivity contribution in [3.63, 3.8) is 0 Å². The largest absolute Gasteiger partial charge is 0.322 e. The summed E-state index contributed by atoms with van der Waals surface area (Å²) < 4.78 is 0. The number of nitrogens with zero attached hydrogens (tertiary/aromatic N) is 1. The Morgan fingerprint density at radius 3 is 2.39 bits per heavy atom. The van der Waals surface area contributed by atoms with Crippen molar-refractivity contribution in [1.82, 2.24) is 4.90 Å². The normalized spacial score (nSPS) is 17.4. The van der Waals surface area contributed by atoms with Gasteiger partial charge in [0.2, 0.25) is 11.8 Å². The van der Waals surface area contributed by atoms with E-state index >= 15 is 0 Å². The molecule has 0 aliphatic carbocycles. The SMILES string of the molecule is Cc1ccc(C(N)CN2C(=O)CCC2=O)c(C)c1. The van der Waals surface area contributed by atoms with Crippen LogP contribution in [-0.4, -0.2) is 23.3 Å². The van der Waals surface area contributed by atoms with Crippen LogP contribution in [0.25, 0.3) is 0 Å². The third kappa shape index (κ3) is 2.43. The molecule has 1 aromatic carbocycles. The van der Waals surface area contributed by atoms with Crippen LogP contribution in [0.2, 0.25) is 0 Å². The van der Waals surface area contributed by atoms with Gasteiger partial charge in [0.15, 0.2) is 0 Å². The molecule has 1 saturated heterocycles. The zero-order chi connectivity index (χ0) is 13.3. The molecule has 0 bridgehead atoms. The molecule has 2 rings (SSSR count). The van der Waals surface area contributed by atoms with Crippen molar-refractivity contribution in [2.75, 3.05) is 6.54 Å². The van der Waals surface area contributed by atoms with Crippen molar-refractivity contribution < 1.29 is 9.59 Å². The van der Waals surface area contributed by atoms with Gasteiger partial charge >= 0.3 is 0 Å². The first kappa shape index (κ1) is 12.8. The molecule has 1 aliphatic rings. The van der Waals surface area contributed by atoms with Crippen LogP contribution in [0.1, 0.15) is 35.6 Å². The van der Waals surface area contributed by atoms with Crippen LogP contribution < -0.4 is 5.73 Å². The molecule has 1 unspecified atom stereocenters. The minimum absolute atomic E-state index is 0.111. The molecule has 18 heavy (non-hydrogen) atoms. The summed E-state index contributed by atoms with van der Waals surface area (Å²) in [4.78, 5) is 24.4. The highest BCUT2D eigenvalue weighted by atomic mass is 16.2. The second kappa shape index (κ2) is 4.90. The maximum Gasteiger partial charge on any atom is 0.229 e. The third-order valence-corrected chi connectivity index (χ3v) is 3.36. The van der Waals surface area contributed by atoms with Crippen LogP contribution in [0.3, 0.4) is 0 Å². The first-order valence-electron chi connectivity index (χ1n) is 6.15. The van der Waals surface area contributed by atoms with Crippen molar-refractivity contribution in [3.8, 4) is 0 Å². The molecule has 4 nitrogen and oxygen atoms in total. The van der Waals surface area contributed by atoms with Crippen molar-refractivity contribution in [2.24, 2.45) is 5.73 Å². The first-order valence-corrected chi connectivity index (χ1v) is 6.15. The lowest BCUT2D eigenvalue weighted by atomic mass is 9.99. The summed E-state index contributed by atoms with van der Waals surface area (Å²) >= 11 is 0. The van der Waals surface area contributed by atoms with E-state index in [1.807, 2.05) is 26.0 Å². The molecule has 0 spiro atoms. The Bertz CT molecular complexity index is 481. The minimum atomic E-state index is -0.309. The number of hydrogen-bond acceptors (Lipinski definition) is 3. The minimum Gasteiger partial charge on any atom is -0.322 e. The van der Waals surface area contributed by atoms with Crippen LogP contribution in [0.5, 0.6) is 0 Å². The van der Waals surface area contributed by atoms with E-state index in [4.69, 9.17) is 5.73 Å². The number of imide groups is 1. The van der Waals surface area contributed by atoms with Gasteiger partial charge in [0.05, 0.1) is 0 Å². The predicted molar refractivity (Wildman–Crippen MR) is 68.8 cm³/mol. The van der Waals surface area contributed by atoms with Gasteiger partial charge in [-0.05, 0) is 25.0 Å². The predicted octanol–water partition coefficient (Wildman–Crippen LogP) is 1.45. The fourth-order valence-corrected chi connectivity index (χ4v) is 2.36. The second-order valence-electron chi connectivity index (χ2n) is 4.86. The fraction of sp³-hybridized carbons (Fsp3) is 0.429. The van der Waals surface area contributed by atoms with Crippen LogP contribution in [0, 0.1) is 13.8 Å². The Labute approximate surface area is 107 Å². The molecule has 2 amide bonds. The molecule has 1 aliphatic heterocycles. The van der Waals surface area contributed by atoms with E-state index < -0.39 is 0 Å². The number of nitrogens with two attached hydrogens (primary N) is 1. The molecule has 4 heteroatoms. The number of amides is 2. The fourth-order valence-electron chi connectivity index (χ4n) is 2.36. The zero-order valence-electron chi connectivity index (χ0n) is 10.8. The van der Waals surface area contributed by atoms with Crippen molar-refractivity contribution in [2.45, 2.75) is 32.7 Å². The molecule has 2 N–H and O–H groups in total. The Kier molecular flexibility index (Phi) is 3.48. The summed E-state index contributed by atoms with van der Waals surface area (Å²) in [7, 11) is 0. The number of rotatable bonds is 3. The Morgan fingerprint density at radius 1 is 1.22 bits per heavy atom.